The van der Waals surface area contributed by atoms with Crippen LogP contribution in [0.5, 0.6) is 0 Å². The highest BCUT2D eigenvalue weighted by atomic mass is 32.2. The fourth-order valence-electron chi connectivity index (χ4n) is 1.86. The second kappa shape index (κ2) is 5.09. The molecular formula is C14H12N2O3S2. The number of aryl methyl sites for hydroxylation is 1. The zero-order chi connectivity index (χ0) is 15.0. The molecule has 0 unspecified atom stereocenters. The Morgan fingerprint density at radius 1 is 1.14 bits per heavy atom. The van der Waals surface area contributed by atoms with Crippen molar-refractivity contribution in [1.82, 2.24) is 10.1 Å². The average Bonchev–Trinajstić information content (AvgIpc) is 3.06. The van der Waals surface area contributed by atoms with Gasteiger partial charge in [-0.2, -0.15) is 4.98 Å². The summed E-state index contributed by atoms with van der Waals surface area (Å²) >= 11 is 1.61. The lowest BCUT2D eigenvalue weighted by molar-refractivity contribution is 0.432. The van der Waals surface area contributed by atoms with E-state index in [-0.39, 0.29) is 4.90 Å². The van der Waals surface area contributed by atoms with Crippen LogP contribution in [0.4, 0.5) is 0 Å². The topological polar surface area (TPSA) is 73.1 Å². The van der Waals surface area contributed by atoms with Crippen LogP contribution in [0.15, 0.2) is 45.1 Å². The molecule has 0 atom stereocenters. The van der Waals surface area contributed by atoms with E-state index in [1.165, 1.54) is 23.3 Å². The summed E-state index contributed by atoms with van der Waals surface area (Å²) in [7, 11) is -3.20. The quantitative estimate of drug-likeness (QED) is 0.741. The van der Waals surface area contributed by atoms with Crippen molar-refractivity contribution in [3.05, 3.63) is 40.6 Å². The van der Waals surface area contributed by atoms with Crippen molar-refractivity contribution >= 4 is 21.2 Å². The molecule has 0 radical (unpaired) electrons. The van der Waals surface area contributed by atoms with Gasteiger partial charge < -0.3 is 4.52 Å². The maximum absolute atomic E-state index is 11.4. The molecule has 2 aromatic heterocycles. The third-order valence-electron chi connectivity index (χ3n) is 2.94. The number of nitrogens with zero attached hydrogens (tertiary/aromatic N) is 2. The van der Waals surface area contributed by atoms with Gasteiger partial charge in [-0.15, -0.1) is 11.3 Å². The van der Waals surface area contributed by atoms with Gasteiger partial charge in [0.25, 0.3) is 5.89 Å². The van der Waals surface area contributed by atoms with E-state index in [0.29, 0.717) is 17.3 Å². The van der Waals surface area contributed by atoms with Crippen LogP contribution in [0, 0.1) is 6.92 Å². The Hall–Kier alpha value is -1.99. The molecule has 3 rings (SSSR count). The molecule has 1 aromatic carbocycles. The molecular weight excluding hydrogens is 308 g/mol. The van der Waals surface area contributed by atoms with E-state index in [1.807, 2.05) is 18.4 Å². The van der Waals surface area contributed by atoms with Gasteiger partial charge >= 0.3 is 0 Å². The molecule has 108 valence electrons. The summed E-state index contributed by atoms with van der Waals surface area (Å²) in [6.07, 6.45) is 1.17. The number of thiophene rings is 1. The molecule has 0 amide bonds. The van der Waals surface area contributed by atoms with Crippen LogP contribution in [0.25, 0.3) is 22.8 Å². The molecule has 7 heteroatoms. The summed E-state index contributed by atoms with van der Waals surface area (Å²) < 4.78 is 28.1. The third-order valence-corrected chi connectivity index (χ3v) is 4.93. The van der Waals surface area contributed by atoms with Gasteiger partial charge in [-0.1, -0.05) is 5.16 Å². The van der Waals surface area contributed by atoms with Gasteiger partial charge in [0.15, 0.2) is 9.84 Å². The highest BCUT2D eigenvalue weighted by Crippen LogP contribution is 2.26. The molecule has 0 aliphatic heterocycles. The van der Waals surface area contributed by atoms with Crippen molar-refractivity contribution < 1.29 is 12.9 Å². The van der Waals surface area contributed by atoms with Crippen molar-refractivity contribution in [3.63, 3.8) is 0 Å². The van der Waals surface area contributed by atoms with Gasteiger partial charge in [-0.25, -0.2) is 8.42 Å². The predicted molar refractivity (Wildman–Crippen MR) is 80.9 cm³/mol. The van der Waals surface area contributed by atoms with Crippen LogP contribution in [-0.2, 0) is 9.84 Å². The molecule has 21 heavy (non-hydrogen) atoms. The van der Waals surface area contributed by atoms with Gasteiger partial charge in [-0.05, 0) is 37.3 Å². The molecule has 0 aliphatic carbocycles. The summed E-state index contributed by atoms with van der Waals surface area (Å²) in [5.74, 6) is 0.899. The first-order chi connectivity index (χ1) is 9.93. The van der Waals surface area contributed by atoms with E-state index in [0.717, 1.165) is 5.56 Å². The van der Waals surface area contributed by atoms with Crippen LogP contribution < -0.4 is 0 Å². The second-order valence-corrected chi connectivity index (χ2v) is 7.80. The fourth-order valence-corrected chi connectivity index (χ4v) is 3.17. The highest BCUT2D eigenvalue weighted by molar-refractivity contribution is 7.90. The van der Waals surface area contributed by atoms with E-state index < -0.39 is 9.84 Å². The molecule has 5 nitrogen and oxygen atoms in total. The van der Waals surface area contributed by atoms with Crippen molar-refractivity contribution in [1.29, 1.82) is 0 Å². The zero-order valence-corrected chi connectivity index (χ0v) is 13.0. The minimum Gasteiger partial charge on any atom is -0.334 e. The highest BCUT2D eigenvalue weighted by Gasteiger charge is 2.13. The molecule has 0 N–H and O–H groups in total. The van der Waals surface area contributed by atoms with Gasteiger partial charge in [0.2, 0.25) is 5.82 Å². The summed E-state index contributed by atoms with van der Waals surface area (Å²) in [5.41, 5.74) is 1.60. The van der Waals surface area contributed by atoms with Gasteiger partial charge in [0.05, 0.1) is 10.5 Å². The van der Waals surface area contributed by atoms with E-state index in [9.17, 15) is 8.42 Å². The Morgan fingerprint density at radius 2 is 1.86 bits per heavy atom. The standard InChI is InChI=1S/C14H12N2O3S2/c1-9-7-11(8-20-9)14-15-13(16-19-14)10-3-5-12(6-4-10)21(2,17)18/h3-8H,1-2H3. The van der Waals surface area contributed by atoms with E-state index in [1.54, 1.807) is 23.5 Å². The smallest absolute Gasteiger partial charge is 0.259 e. The lowest BCUT2D eigenvalue weighted by Crippen LogP contribution is -1.96. The lowest BCUT2D eigenvalue weighted by atomic mass is 10.2. The molecule has 0 saturated carbocycles. The number of rotatable bonds is 3. The number of sulfone groups is 1. The summed E-state index contributed by atoms with van der Waals surface area (Å²) in [6.45, 7) is 2.01. The number of aromatic nitrogens is 2. The molecule has 2 heterocycles. The fraction of sp³-hybridized carbons (Fsp3) is 0.143. The normalized spacial score (nSPS) is 11.7. The monoisotopic (exact) mass is 320 g/mol. The molecule has 0 fully saturated rings. The van der Waals surface area contributed by atoms with E-state index >= 15 is 0 Å². The molecule has 0 bridgehead atoms. The molecule has 0 saturated heterocycles. The second-order valence-electron chi connectivity index (χ2n) is 4.67. The van der Waals surface area contributed by atoms with Crippen molar-refractivity contribution in [2.75, 3.05) is 6.26 Å². The minimum atomic E-state index is -3.20. The van der Waals surface area contributed by atoms with Crippen LogP contribution in [0.2, 0.25) is 0 Å². The molecule has 3 aromatic rings. The van der Waals surface area contributed by atoms with Crippen LogP contribution in [-0.4, -0.2) is 24.8 Å². The maximum Gasteiger partial charge on any atom is 0.259 e. The third kappa shape index (κ3) is 2.88. The summed E-state index contributed by atoms with van der Waals surface area (Å²) in [6, 6.07) is 8.40. The Labute approximate surface area is 126 Å². The van der Waals surface area contributed by atoms with Crippen LogP contribution in [0.3, 0.4) is 0 Å². The number of hydrogen-bond acceptors (Lipinski definition) is 6. The lowest BCUT2D eigenvalue weighted by Gasteiger charge is -1.98. The Bertz CT molecular complexity index is 877. The Balaban J connectivity index is 1.93. The van der Waals surface area contributed by atoms with Gasteiger partial charge in [-0.3, -0.25) is 0 Å². The Kier molecular flexibility index (Phi) is 3.38. The predicted octanol–water partition coefficient (Wildman–Crippen LogP) is 3.18. The van der Waals surface area contributed by atoms with E-state index in [4.69, 9.17) is 4.52 Å². The Morgan fingerprint density at radius 3 is 2.43 bits per heavy atom. The first kappa shape index (κ1) is 14.0. The van der Waals surface area contributed by atoms with E-state index in [2.05, 4.69) is 10.1 Å². The maximum atomic E-state index is 11.4. The van der Waals surface area contributed by atoms with Crippen molar-refractivity contribution in [2.45, 2.75) is 11.8 Å². The first-order valence-corrected chi connectivity index (χ1v) is 8.90. The van der Waals surface area contributed by atoms with Crippen molar-refractivity contribution in [2.24, 2.45) is 0 Å². The SMILES string of the molecule is Cc1cc(-c2nc(-c3ccc(S(C)(=O)=O)cc3)no2)cs1. The molecule has 0 aliphatic rings. The van der Waals surface area contributed by atoms with Crippen LogP contribution in [0.1, 0.15) is 4.88 Å². The van der Waals surface area contributed by atoms with Crippen molar-refractivity contribution in [3.8, 4) is 22.8 Å². The zero-order valence-electron chi connectivity index (χ0n) is 11.4. The summed E-state index contributed by atoms with van der Waals surface area (Å²) in [5, 5.41) is 5.89. The van der Waals surface area contributed by atoms with Gasteiger partial charge in [0.1, 0.15) is 0 Å². The largest absolute Gasteiger partial charge is 0.334 e. The number of benzene rings is 1. The summed E-state index contributed by atoms with van der Waals surface area (Å²) in [4.78, 5) is 5.77. The minimum absolute atomic E-state index is 0.267. The number of hydrogen-bond donors (Lipinski definition) is 0. The first-order valence-electron chi connectivity index (χ1n) is 6.13. The van der Waals surface area contributed by atoms with Gasteiger partial charge in [0, 0.05) is 22.1 Å². The van der Waals surface area contributed by atoms with Crippen LogP contribution >= 0.6 is 11.3 Å². The molecule has 0 spiro atoms. The average molecular weight is 320 g/mol.